The van der Waals surface area contributed by atoms with Gasteiger partial charge >= 0.3 is 0 Å². The number of hydrogen-bond donors (Lipinski definition) is 1. The van der Waals surface area contributed by atoms with Crippen LogP contribution in [0.15, 0.2) is 42.5 Å². The molecule has 0 fully saturated rings. The Morgan fingerprint density at radius 3 is 1.95 bits per heavy atom. The second kappa shape index (κ2) is 6.19. The monoisotopic (exact) mass is 272 g/mol. The Labute approximate surface area is 119 Å². The quantitative estimate of drug-likeness (QED) is 0.903. The Morgan fingerprint density at radius 2 is 1.40 bits per heavy atom. The first-order chi connectivity index (χ1) is 9.63. The van der Waals surface area contributed by atoms with Gasteiger partial charge in [0, 0.05) is 37.2 Å². The lowest BCUT2D eigenvalue weighted by Gasteiger charge is -2.14. The van der Waals surface area contributed by atoms with Crippen LogP contribution in [0, 0.1) is 0 Å². The van der Waals surface area contributed by atoms with Gasteiger partial charge < -0.3 is 19.7 Å². The third-order valence-corrected chi connectivity index (χ3v) is 3.06. The highest BCUT2D eigenvalue weighted by atomic mass is 16.5. The van der Waals surface area contributed by atoms with Gasteiger partial charge in [0.05, 0.1) is 14.2 Å². The molecular formula is C16H20N2O2. The fourth-order valence-electron chi connectivity index (χ4n) is 1.92. The Balaban J connectivity index is 2.17. The van der Waals surface area contributed by atoms with E-state index in [1.807, 2.05) is 44.4 Å². The highest BCUT2D eigenvalue weighted by Crippen LogP contribution is 2.31. The summed E-state index contributed by atoms with van der Waals surface area (Å²) >= 11 is 0. The molecule has 0 aliphatic heterocycles. The van der Waals surface area contributed by atoms with Crippen LogP contribution in [0.5, 0.6) is 11.5 Å². The molecule has 0 saturated heterocycles. The molecule has 0 aliphatic rings. The molecule has 0 atom stereocenters. The average Bonchev–Trinajstić information content (AvgIpc) is 2.47. The smallest absolute Gasteiger partial charge is 0.162 e. The van der Waals surface area contributed by atoms with Crippen molar-refractivity contribution in [3.05, 3.63) is 42.5 Å². The van der Waals surface area contributed by atoms with Gasteiger partial charge in [0.15, 0.2) is 11.5 Å². The van der Waals surface area contributed by atoms with E-state index >= 15 is 0 Å². The fourth-order valence-corrected chi connectivity index (χ4v) is 1.92. The lowest BCUT2D eigenvalue weighted by molar-refractivity contribution is 0.355. The number of rotatable bonds is 5. The maximum Gasteiger partial charge on any atom is 0.162 e. The van der Waals surface area contributed by atoms with Crippen LogP contribution in [-0.2, 0) is 0 Å². The molecule has 2 aromatic carbocycles. The second-order valence-electron chi connectivity index (χ2n) is 4.64. The standard InChI is InChI=1S/C16H20N2O2/c1-18(2)14-8-5-12(6-9-14)17-13-7-10-15(19-3)16(11-13)20-4/h5-11,17H,1-4H3. The molecule has 0 bridgehead atoms. The normalized spacial score (nSPS) is 10.0. The van der Waals surface area contributed by atoms with Gasteiger partial charge in [-0.15, -0.1) is 0 Å². The van der Waals surface area contributed by atoms with Crippen LogP contribution in [0.1, 0.15) is 0 Å². The molecule has 0 radical (unpaired) electrons. The van der Waals surface area contributed by atoms with Crippen LogP contribution >= 0.6 is 0 Å². The van der Waals surface area contributed by atoms with Crippen molar-refractivity contribution in [2.75, 3.05) is 38.5 Å². The van der Waals surface area contributed by atoms with Crippen molar-refractivity contribution in [2.45, 2.75) is 0 Å². The number of hydrogen-bond acceptors (Lipinski definition) is 4. The van der Waals surface area contributed by atoms with E-state index in [9.17, 15) is 0 Å². The Morgan fingerprint density at radius 1 is 0.800 bits per heavy atom. The van der Waals surface area contributed by atoms with Gasteiger partial charge in [0.1, 0.15) is 0 Å². The maximum atomic E-state index is 5.29. The van der Waals surface area contributed by atoms with Crippen LogP contribution in [0.25, 0.3) is 0 Å². The first-order valence-electron chi connectivity index (χ1n) is 6.40. The summed E-state index contributed by atoms with van der Waals surface area (Å²) in [4.78, 5) is 2.07. The molecule has 106 valence electrons. The van der Waals surface area contributed by atoms with Crippen molar-refractivity contribution in [3.8, 4) is 11.5 Å². The van der Waals surface area contributed by atoms with Crippen molar-refractivity contribution < 1.29 is 9.47 Å². The van der Waals surface area contributed by atoms with Gasteiger partial charge in [0.2, 0.25) is 0 Å². The number of nitrogens with zero attached hydrogens (tertiary/aromatic N) is 1. The zero-order valence-corrected chi connectivity index (χ0v) is 12.3. The summed E-state index contributed by atoms with van der Waals surface area (Å²) in [6.45, 7) is 0. The average molecular weight is 272 g/mol. The van der Waals surface area contributed by atoms with Gasteiger partial charge in [-0.05, 0) is 36.4 Å². The van der Waals surface area contributed by atoms with Crippen molar-refractivity contribution in [1.29, 1.82) is 0 Å². The van der Waals surface area contributed by atoms with E-state index in [4.69, 9.17) is 9.47 Å². The third kappa shape index (κ3) is 3.15. The van der Waals surface area contributed by atoms with E-state index in [1.165, 1.54) is 5.69 Å². The number of methoxy groups -OCH3 is 2. The van der Waals surface area contributed by atoms with Crippen molar-refractivity contribution in [2.24, 2.45) is 0 Å². The van der Waals surface area contributed by atoms with Gasteiger partial charge in [-0.3, -0.25) is 0 Å². The molecule has 0 amide bonds. The number of benzene rings is 2. The maximum absolute atomic E-state index is 5.29. The van der Waals surface area contributed by atoms with E-state index in [0.29, 0.717) is 5.75 Å². The van der Waals surface area contributed by atoms with Crippen LogP contribution in [0.4, 0.5) is 17.1 Å². The molecule has 20 heavy (non-hydrogen) atoms. The minimum absolute atomic E-state index is 0.711. The predicted octanol–water partition coefficient (Wildman–Crippen LogP) is 3.51. The van der Waals surface area contributed by atoms with E-state index in [1.54, 1.807) is 14.2 Å². The summed E-state index contributed by atoms with van der Waals surface area (Å²) in [5.41, 5.74) is 3.16. The molecule has 0 aliphatic carbocycles. The van der Waals surface area contributed by atoms with Crippen LogP contribution in [-0.4, -0.2) is 28.3 Å². The molecule has 0 saturated carbocycles. The largest absolute Gasteiger partial charge is 0.493 e. The Bertz CT molecular complexity index is 565. The lowest BCUT2D eigenvalue weighted by Crippen LogP contribution is -2.08. The molecule has 4 heteroatoms. The summed E-state index contributed by atoms with van der Waals surface area (Å²) in [5, 5.41) is 3.34. The molecule has 2 aromatic rings. The summed E-state index contributed by atoms with van der Waals surface area (Å²) in [6, 6.07) is 14.0. The highest BCUT2D eigenvalue weighted by molar-refractivity contribution is 5.65. The zero-order chi connectivity index (χ0) is 14.5. The van der Waals surface area contributed by atoms with Crippen molar-refractivity contribution in [3.63, 3.8) is 0 Å². The highest BCUT2D eigenvalue weighted by Gasteiger charge is 2.04. The fraction of sp³-hybridized carbons (Fsp3) is 0.250. The van der Waals surface area contributed by atoms with Crippen molar-refractivity contribution in [1.82, 2.24) is 0 Å². The third-order valence-electron chi connectivity index (χ3n) is 3.06. The number of nitrogens with one attached hydrogen (secondary N) is 1. The van der Waals surface area contributed by atoms with E-state index < -0.39 is 0 Å². The van der Waals surface area contributed by atoms with Gasteiger partial charge in [-0.2, -0.15) is 0 Å². The topological polar surface area (TPSA) is 33.7 Å². The SMILES string of the molecule is COc1ccc(Nc2ccc(N(C)C)cc2)cc1OC. The van der Waals surface area contributed by atoms with Crippen LogP contribution < -0.4 is 19.7 Å². The Kier molecular flexibility index (Phi) is 4.35. The zero-order valence-electron chi connectivity index (χ0n) is 12.3. The van der Waals surface area contributed by atoms with Gasteiger partial charge in [-0.25, -0.2) is 0 Å². The Hall–Kier alpha value is -2.36. The lowest BCUT2D eigenvalue weighted by atomic mass is 10.2. The van der Waals surface area contributed by atoms with Crippen LogP contribution in [0.2, 0.25) is 0 Å². The van der Waals surface area contributed by atoms with Gasteiger partial charge in [-0.1, -0.05) is 0 Å². The summed E-state index contributed by atoms with van der Waals surface area (Å²) in [6.07, 6.45) is 0. The van der Waals surface area contributed by atoms with E-state index in [-0.39, 0.29) is 0 Å². The molecule has 1 N–H and O–H groups in total. The first-order valence-corrected chi connectivity index (χ1v) is 6.40. The number of ether oxygens (including phenoxy) is 2. The summed E-state index contributed by atoms with van der Waals surface area (Å²) in [5.74, 6) is 1.43. The summed E-state index contributed by atoms with van der Waals surface area (Å²) < 4.78 is 10.5. The minimum Gasteiger partial charge on any atom is -0.493 e. The minimum atomic E-state index is 0.711. The number of anilines is 3. The van der Waals surface area contributed by atoms with Gasteiger partial charge in [0.25, 0.3) is 0 Å². The molecule has 0 spiro atoms. The molecule has 0 aromatic heterocycles. The first kappa shape index (κ1) is 14.1. The molecule has 2 rings (SSSR count). The molecular weight excluding hydrogens is 252 g/mol. The van der Waals surface area contributed by atoms with Crippen LogP contribution in [0.3, 0.4) is 0 Å². The molecule has 0 heterocycles. The second-order valence-corrected chi connectivity index (χ2v) is 4.64. The summed E-state index contributed by atoms with van der Waals surface area (Å²) in [7, 11) is 7.31. The molecule has 4 nitrogen and oxygen atoms in total. The van der Waals surface area contributed by atoms with E-state index in [2.05, 4.69) is 22.3 Å². The van der Waals surface area contributed by atoms with Crippen molar-refractivity contribution >= 4 is 17.1 Å². The predicted molar refractivity (Wildman–Crippen MR) is 83.6 cm³/mol. The molecule has 0 unspecified atom stereocenters. The van der Waals surface area contributed by atoms with E-state index in [0.717, 1.165) is 17.1 Å².